The molecule has 0 aliphatic carbocycles. The van der Waals surface area contributed by atoms with Crippen molar-refractivity contribution in [3.05, 3.63) is 30.0 Å². The van der Waals surface area contributed by atoms with Gasteiger partial charge in [0.15, 0.2) is 0 Å². The first-order valence-corrected chi connectivity index (χ1v) is 6.98. The largest absolute Gasteiger partial charge is 0.496 e. The molecule has 118 valence electrons. The highest BCUT2D eigenvalue weighted by molar-refractivity contribution is 5.92. The molecule has 1 aromatic heterocycles. The maximum Gasteiger partial charge on any atom is 0.407 e. The average Bonchev–Trinajstić information content (AvgIpc) is 2.43. The van der Waals surface area contributed by atoms with Gasteiger partial charge in [-0.2, -0.15) is 0 Å². The van der Waals surface area contributed by atoms with Crippen LogP contribution in [-0.2, 0) is 11.3 Å². The Kier molecular flexibility index (Phi) is 4.40. The van der Waals surface area contributed by atoms with Gasteiger partial charge in [0.25, 0.3) is 0 Å². The normalized spacial score (nSPS) is 11.3. The average molecular weight is 303 g/mol. The van der Waals surface area contributed by atoms with E-state index in [-0.39, 0.29) is 0 Å². The third-order valence-electron chi connectivity index (χ3n) is 3.02. The predicted molar refractivity (Wildman–Crippen MR) is 85.8 cm³/mol. The number of alkyl carbamates (subject to hydrolysis) is 1. The zero-order valence-electron chi connectivity index (χ0n) is 13.3. The summed E-state index contributed by atoms with van der Waals surface area (Å²) in [4.78, 5) is 15.8. The predicted octanol–water partition coefficient (Wildman–Crippen LogP) is 2.85. The van der Waals surface area contributed by atoms with Gasteiger partial charge in [0.05, 0.1) is 7.11 Å². The van der Waals surface area contributed by atoms with Crippen LogP contribution in [0.4, 0.5) is 10.6 Å². The van der Waals surface area contributed by atoms with Crippen molar-refractivity contribution in [3.8, 4) is 5.75 Å². The minimum absolute atomic E-state index is 0.302. The molecule has 2 rings (SSSR count). The molecule has 0 radical (unpaired) electrons. The molecular weight excluding hydrogens is 282 g/mol. The van der Waals surface area contributed by atoms with Gasteiger partial charge in [0, 0.05) is 23.7 Å². The number of amides is 1. The summed E-state index contributed by atoms with van der Waals surface area (Å²) in [6.45, 7) is 5.76. The molecule has 3 N–H and O–H groups in total. The molecule has 6 heteroatoms. The van der Waals surface area contributed by atoms with Gasteiger partial charge in [0.2, 0.25) is 0 Å². The lowest BCUT2D eigenvalue weighted by atomic mass is 10.1. The van der Waals surface area contributed by atoms with Crippen molar-refractivity contribution in [2.24, 2.45) is 0 Å². The fourth-order valence-corrected chi connectivity index (χ4v) is 2.08. The molecule has 0 spiro atoms. The second-order valence-corrected chi connectivity index (χ2v) is 5.94. The molecule has 22 heavy (non-hydrogen) atoms. The number of aromatic nitrogens is 1. The summed E-state index contributed by atoms with van der Waals surface area (Å²) in [5.41, 5.74) is 6.17. The molecule has 0 saturated carbocycles. The molecule has 6 nitrogen and oxygen atoms in total. The van der Waals surface area contributed by atoms with E-state index in [0.29, 0.717) is 18.1 Å². The van der Waals surface area contributed by atoms with Crippen LogP contribution in [0.3, 0.4) is 0 Å². The van der Waals surface area contributed by atoms with E-state index in [9.17, 15) is 4.79 Å². The Morgan fingerprint density at radius 3 is 2.73 bits per heavy atom. The molecule has 0 unspecified atom stereocenters. The number of nitrogens with one attached hydrogen (secondary N) is 1. The maximum absolute atomic E-state index is 11.7. The van der Waals surface area contributed by atoms with Crippen molar-refractivity contribution in [2.45, 2.75) is 32.9 Å². The molecule has 0 fully saturated rings. The number of hydrogen-bond donors (Lipinski definition) is 2. The van der Waals surface area contributed by atoms with E-state index in [2.05, 4.69) is 10.3 Å². The molecule has 1 heterocycles. The summed E-state index contributed by atoms with van der Waals surface area (Å²) < 4.78 is 10.6. The van der Waals surface area contributed by atoms with Gasteiger partial charge in [-0.05, 0) is 44.4 Å². The number of pyridine rings is 1. The Labute approximate surface area is 129 Å². The lowest BCUT2D eigenvalue weighted by Gasteiger charge is -2.20. The summed E-state index contributed by atoms with van der Waals surface area (Å²) in [6.07, 6.45) is 1.18. The van der Waals surface area contributed by atoms with Gasteiger partial charge in [0.1, 0.15) is 17.2 Å². The topological polar surface area (TPSA) is 86.5 Å². The quantitative estimate of drug-likeness (QED) is 0.910. The van der Waals surface area contributed by atoms with E-state index in [1.807, 2.05) is 39.0 Å². The fraction of sp³-hybridized carbons (Fsp3) is 0.375. The van der Waals surface area contributed by atoms with Gasteiger partial charge >= 0.3 is 6.09 Å². The highest BCUT2D eigenvalue weighted by atomic mass is 16.6. The highest BCUT2D eigenvalue weighted by Gasteiger charge is 2.16. The highest BCUT2D eigenvalue weighted by Crippen LogP contribution is 2.28. The first-order chi connectivity index (χ1) is 10.3. The first-order valence-electron chi connectivity index (χ1n) is 6.98. The molecule has 1 aromatic carbocycles. The van der Waals surface area contributed by atoms with Crippen molar-refractivity contribution in [1.29, 1.82) is 0 Å². The van der Waals surface area contributed by atoms with Crippen LogP contribution in [-0.4, -0.2) is 23.8 Å². The van der Waals surface area contributed by atoms with E-state index in [0.717, 1.165) is 16.3 Å². The standard InChI is InChI=1S/C16H21N3O3/c1-16(2,3)22-15(20)19-9-11-7-10-5-6-18-14(17)12(10)8-13(11)21-4/h5-8H,9H2,1-4H3,(H2,17,18)(H,19,20). The van der Waals surface area contributed by atoms with Crippen LogP contribution in [0, 0.1) is 0 Å². The number of ether oxygens (including phenoxy) is 2. The lowest BCUT2D eigenvalue weighted by Crippen LogP contribution is -2.32. The summed E-state index contributed by atoms with van der Waals surface area (Å²) in [5.74, 6) is 1.09. The summed E-state index contributed by atoms with van der Waals surface area (Å²) >= 11 is 0. The molecule has 0 aliphatic rings. The summed E-state index contributed by atoms with van der Waals surface area (Å²) in [5, 5.41) is 4.48. The summed E-state index contributed by atoms with van der Waals surface area (Å²) in [7, 11) is 1.57. The van der Waals surface area contributed by atoms with Gasteiger partial charge in [-0.3, -0.25) is 0 Å². The Hall–Kier alpha value is -2.50. The van der Waals surface area contributed by atoms with Gasteiger partial charge < -0.3 is 20.5 Å². The van der Waals surface area contributed by atoms with Crippen LogP contribution in [0.15, 0.2) is 24.4 Å². The van der Waals surface area contributed by atoms with Crippen molar-refractivity contribution >= 4 is 22.7 Å². The van der Waals surface area contributed by atoms with Crippen LogP contribution in [0.5, 0.6) is 5.75 Å². The second-order valence-electron chi connectivity index (χ2n) is 5.94. The van der Waals surface area contributed by atoms with Gasteiger partial charge in [-0.15, -0.1) is 0 Å². The number of nitrogens with zero attached hydrogens (tertiary/aromatic N) is 1. The Bertz CT molecular complexity index is 693. The van der Waals surface area contributed by atoms with Crippen LogP contribution < -0.4 is 15.8 Å². The van der Waals surface area contributed by atoms with Gasteiger partial charge in [-0.1, -0.05) is 0 Å². The number of carbonyl (C=O) groups excluding carboxylic acids is 1. The van der Waals surface area contributed by atoms with Gasteiger partial charge in [-0.25, -0.2) is 9.78 Å². The second kappa shape index (κ2) is 6.09. The van der Waals surface area contributed by atoms with Crippen LogP contribution in [0.25, 0.3) is 10.8 Å². The Morgan fingerprint density at radius 1 is 1.36 bits per heavy atom. The molecule has 1 amide bonds. The molecule has 0 atom stereocenters. The first kappa shape index (κ1) is 15.9. The van der Waals surface area contributed by atoms with E-state index < -0.39 is 11.7 Å². The number of benzene rings is 1. The number of carbonyl (C=O) groups is 1. The van der Waals surface area contributed by atoms with Crippen LogP contribution in [0.2, 0.25) is 0 Å². The van der Waals surface area contributed by atoms with E-state index >= 15 is 0 Å². The SMILES string of the molecule is COc1cc2c(N)nccc2cc1CNC(=O)OC(C)(C)C. The monoisotopic (exact) mass is 303 g/mol. The van der Waals surface area contributed by atoms with Crippen molar-refractivity contribution in [1.82, 2.24) is 10.3 Å². The molecule has 2 aromatic rings. The smallest absolute Gasteiger partial charge is 0.407 e. The Balaban J connectivity index is 2.22. The number of methoxy groups -OCH3 is 1. The third-order valence-corrected chi connectivity index (χ3v) is 3.02. The zero-order chi connectivity index (χ0) is 16.3. The summed E-state index contributed by atoms with van der Waals surface area (Å²) in [6, 6.07) is 5.61. The number of anilines is 1. The van der Waals surface area contributed by atoms with Crippen molar-refractivity contribution in [3.63, 3.8) is 0 Å². The number of nitrogens with two attached hydrogens (primary N) is 1. The van der Waals surface area contributed by atoms with Crippen LogP contribution in [0.1, 0.15) is 26.3 Å². The fourth-order valence-electron chi connectivity index (χ4n) is 2.08. The Morgan fingerprint density at radius 2 is 2.09 bits per heavy atom. The number of nitrogen functional groups attached to an aromatic ring is 1. The van der Waals surface area contributed by atoms with Crippen molar-refractivity contribution in [2.75, 3.05) is 12.8 Å². The van der Waals surface area contributed by atoms with E-state index in [1.54, 1.807) is 13.3 Å². The van der Waals surface area contributed by atoms with E-state index in [4.69, 9.17) is 15.2 Å². The molecule has 0 aliphatic heterocycles. The molecular formula is C16H21N3O3. The third kappa shape index (κ3) is 3.78. The molecule has 0 bridgehead atoms. The zero-order valence-corrected chi connectivity index (χ0v) is 13.3. The lowest BCUT2D eigenvalue weighted by molar-refractivity contribution is 0.0523. The minimum atomic E-state index is -0.530. The number of rotatable bonds is 3. The maximum atomic E-state index is 11.7. The molecule has 0 saturated heterocycles. The number of fused-ring (bicyclic) bond motifs is 1. The van der Waals surface area contributed by atoms with Crippen molar-refractivity contribution < 1.29 is 14.3 Å². The minimum Gasteiger partial charge on any atom is -0.496 e. The van der Waals surface area contributed by atoms with Crippen LogP contribution >= 0.6 is 0 Å². The number of hydrogen-bond acceptors (Lipinski definition) is 5. The van der Waals surface area contributed by atoms with E-state index in [1.165, 1.54) is 0 Å².